The van der Waals surface area contributed by atoms with Crippen LogP contribution in [0.15, 0.2) is 121 Å². The molecule has 0 radical (unpaired) electrons. The second-order valence-electron chi connectivity index (χ2n) is 25.3. The van der Waals surface area contributed by atoms with Gasteiger partial charge in [-0.15, -0.1) is 45.3 Å². The largest absolute Gasteiger partial charge is 0.134 e. The molecule has 0 atom stereocenters. The van der Waals surface area contributed by atoms with Gasteiger partial charge in [0.15, 0.2) is 0 Å². The molecular weight excluding hydrogens is 1090 g/mol. The average molecular weight is 1190 g/mol. The minimum atomic E-state index is 1.21. The number of rotatable bonds is 32. The second-order valence-corrected chi connectivity index (χ2v) is 29.5. The maximum Gasteiger partial charge on any atom is 0.0542 e. The van der Waals surface area contributed by atoms with Gasteiger partial charge in [-0.25, -0.2) is 0 Å². The van der Waals surface area contributed by atoms with E-state index in [4.69, 9.17) is 0 Å². The maximum absolute atomic E-state index is 2.46. The standard InChI is InChI=1S/C42H52S2.C38H44S2/c1-3-5-7-9-11-13-15-17-19-31-21-23-33-27-37-39(29-35(33)25-31)43-42-38-28-34-24-22-32(20-18-16-14-12-10-8-6-4-2)26-36(34)30-40(38)44-41(37)42;1-3-5-7-9-11-13-15-27-17-19-29-23-33-35(25-31(29)21-27)39-38-34-24-30-20-18-28(16-14-12-10-8-6-4-2)22-32(30)26-36(34)40-37(33)38/h21-30H,3-20H2,1-2H3;17-26H,3-16H2,1-2H3. The number of fused-ring (bicyclic) bond motifs is 14. The van der Waals surface area contributed by atoms with Crippen LogP contribution in [0.2, 0.25) is 0 Å². The zero-order valence-corrected chi connectivity index (χ0v) is 55.1. The zero-order chi connectivity index (χ0) is 57.5. The van der Waals surface area contributed by atoms with E-state index in [1.165, 1.54) is 330 Å². The van der Waals surface area contributed by atoms with E-state index >= 15 is 0 Å². The fourth-order valence-corrected chi connectivity index (χ4v) is 18.8. The van der Waals surface area contributed by atoms with Crippen molar-refractivity contribution in [1.82, 2.24) is 0 Å². The number of aryl methyl sites for hydroxylation is 4. The van der Waals surface area contributed by atoms with Crippen LogP contribution in [0.1, 0.15) is 230 Å². The van der Waals surface area contributed by atoms with Crippen LogP contribution >= 0.6 is 45.3 Å². The summed E-state index contributed by atoms with van der Waals surface area (Å²) in [4.78, 5) is 0. The van der Waals surface area contributed by atoms with Crippen molar-refractivity contribution in [1.29, 1.82) is 0 Å². The van der Waals surface area contributed by atoms with Gasteiger partial charge in [-0.1, -0.05) is 255 Å². The average Bonchev–Trinajstić information content (AvgIpc) is 1.93. The molecule has 4 aromatic heterocycles. The van der Waals surface area contributed by atoms with E-state index in [1.54, 1.807) is 0 Å². The molecule has 12 aromatic rings. The SMILES string of the molecule is CCCCCCCCCCc1ccc2cc3c(cc2c1)sc1c2cc4ccc(CCCCCCCCCC)cc4cc2sc31.CCCCCCCCc1ccc2cc3c(cc2c1)sc1c2cc4ccc(CCCCCCCC)cc4cc2sc31. The number of unbranched alkanes of at least 4 members (excludes halogenated alkanes) is 24. The highest BCUT2D eigenvalue weighted by Crippen LogP contribution is 2.48. The van der Waals surface area contributed by atoms with Gasteiger partial charge in [0, 0.05) is 40.3 Å². The fraction of sp³-hybridized carbons (Fsp3) is 0.450. The lowest BCUT2D eigenvalue weighted by Crippen LogP contribution is -1.87. The Morgan fingerprint density at radius 3 is 0.619 bits per heavy atom. The predicted molar refractivity (Wildman–Crippen MR) is 386 cm³/mol. The quantitative estimate of drug-likeness (QED) is 0.0369. The van der Waals surface area contributed by atoms with Gasteiger partial charge in [0.2, 0.25) is 0 Å². The van der Waals surface area contributed by atoms with Gasteiger partial charge in [-0.05, 0) is 165 Å². The van der Waals surface area contributed by atoms with E-state index in [2.05, 4.69) is 149 Å². The van der Waals surface area contributed by atoms with Crippen LogP contribution in [-0.2, 0) is 25.7 Å². The van der Waals surface area contributed by atoms with Crippen molar-refractivity contribution in [3.63, 3.8) is 0 Å². The van der Waals surface area contributed by atoms with Crippen LogP contribution < -0.4 is 0 Å². The lowest BCUT2D eigenvalue weighted by molar-refractivity contribution is 0.575. The van der Waals surface area contributed by atoms with Crippen molar-refractivity contribution >= 4 is 148 Å². The van der Waals surface area contributed by atoms with Gasteiger partial charge in [0.05, 0.1) is 18.8 Å². The highest BCUT2D eigenvalue weighted by Gasteiger charge is 2.17. The molecular formula is C80H96S4. The summed E-state index contributed by atoms with van der Waals surface area (Å²) in [5.74, 6) is 0. The molecule has 0 aliphatic carbocycles. The van der Waals surface area contributed by atoms with E-state index in [0.29, 0.717) is 0 Å². The smallest absolute Gasteiger partial charge is 0.0542 e. The first-order valence-electron chi connectivity index (χ1n) is 33.9. The first-order chi connectivity index (χ1) is 41.5. The van der Waals surface area contributed by atoms with Crippen molar-refractivity contribution in [2.45, 2.75) is 233 Å². The molecule has 4 heteroatoms. The van der Waals surface area contributed by atoms with Crippen molar-refractivity contribution in [2.75, 3.05) is 0 Å². The van der Waals surface area contributed by atoms with Gasteiger partial charge >= 0.3 is 0 Å². The Hall–Kier alpha value is -4.84. The molecule has 12 rings (SSSR count). The Morgan fingerprint density at radius 1 is 0.202 bits per heavy atom. The van der Waals surface area contributed by atoms with E-state index in [0.717, 1.165) is 0 Å². The molecule has 0 aliphatic heterocycles. The number of hydrogen-bond acceptors (Lipinski definition) is 4. The normalized spacial score (nSPS) is 12.1. The highest BCUT2D eigenvalue weighted by molar-refractivity contribution is 7.37. The predicted octanol–water partition coefficient (Wildman–Crippen LogP) is 28.3. The molecule has 0 bridgehead atoms. The second kappa shape index (κ2) is 30.7. The van der Waals surface area contributed by atoms with Crippen molar-refractivity contribution < 1.29 is 0 Å². The molecule has 0 N–H and O–H groups in total. The summed E-state index contributed by atoms with van der Waals surface area (Å²) >= 11 is 7.97. The number of thiophene rings is 4. The molecule has 0 fully saturated rings. The molecule has 8 aromatic carbocycles. The summed E-state index contributed by atoms with van der Waals surface area (Å²) in [5, 5.41) is 16.9. The van der Waals surface area contributed by atoms with Gasteiger partial charge < -0.3 is 0 Å². The third-order valence-electron chi connectivity index (χ3n) is 18.5. The van der Waals surface area contributed by atoms with Crippen molar-refractivity contribution in [3.05, 3.63) is 144 Å². The van der Waals surface area contributed by atoms with Crippen LogP contribution in [-0.4, -0.2) is 0 Å². The highest BCUT2D eigenvalue weighted by atomic mass is 32.1. The van der Waals surface area contributed by atoms with E-state index in [1.807, 2.05) is 45.3 Å². The molecule has 0 saturated carbocycles. The molecule has 0 nitrogen and oxygen atoms in total. The Morgan fingerprint density at radius 2 is 0.405 bits per heavy atom. The first-order valence-corrected chi connectivity index (χ1v) is 37.2. The van der Waals surface area contributed by atoms with Gasteiger partial charge in [0.25, 0.3) is 0 Å². The zero-order valence-electron chi connectivity index (χ0n) is 51.8. The van der Waals surface area contributed by atoms with E-state index in [-0.39, 0.29) is 0 Å². The fourth-order valence-electron chi connectivity index (χ4n) is 13.5. The minimum Gasteiger partial charge on any atom is -0.134 e. The monoisotopic (exact) mass is 1180 g/mol. The molecule has 0 aliphatic rings. The summed E-state index contributed by atoms with van der Waals surface area (Å²) in [6, 6.07) is 48.4. The lowest BCUT2D eigenvalue weighted by Gasteiger charge is -2.06. The van der Waals surface area contributed by atoms with Crippen LogP contribution in [0.25, 0.3) is 102 Å². The molecule has 0 amide bonds. The first kappa shape index (κ1) is 60.8. The molecule has 84 heavy (non-hydrogen) atoms. The molecule has 4 heterocycles. The topological polar surface area (TPSA) is 0 Å². The van der Waals surface area contributed by atoms with E-state index < -0.39 is 0 Å². The minimum absolute atomic E-state index is 1.21. The Bertz CT molecular complexity index is 3800. The third-order valence-corrected chi connectivity index (χ3v) is 23.5. The maximum atomic E-state index is 2.46. The van der Waals surface area contributed by atoms with Crippen molar-refractivity contribution in [2.24, 2.45) is 0 Å². The van der Waals surface area contributed by atoms with E-state index in [9.17, 15) is 0 Å². The number of benzene rings is 8. The number of hydrogen-bond donors (Lipinski definition) is 0. The summed E-state index contributed by atoms with van der Waals surface area (Å²) in [6.07, 6.45) is 43.3. The van der Waals surface area contributed by atoms with Crippen LogP contribution in [0.3, 0.4) is 0 Å². The Balaban J connectivity index is 0.000000176. The molecule has 0 spiro atoms. The Labute approximate surface area is 520 Å². The summed E-state index contributed by atoms with van der Waals surface area (Å²) in [5.41, 5.74) is 5.99. The van der Waals surface area contributed by atoms with Crippen LogP contribution in [0.4, 0.5) is 0 Å². The third kappa shape index (κ3) is 15.3. The molecule has 440 valence electrons. The van der Waals surface area contributed by atoms with Crippen LogP contribution in [0.5, 0.6) is 0 Å². The van der Waals surface area contributed by atoms with Crippen molar-refractivity contribution in [3.8, 4) is 0 Å². The van der Waals surface area contributed by atoms with Gasteiger partial charge in [-0.2, -0.15) is 0 Å². The molecule has 0 saturated heterocycles. The summed E-state index contributed by atoms with van der Waals surface area (Å²) in [7, 11) is 0. The molecule has 0 unspecified atom stereocenters. The Kier molecular flexibility index (Phi) is 22.2. The lowest BCUT2D eigenvalue weighted by atomic mass is 10.0. The van der Waals surface area contributed by atoms with Crippen LogP contribution in [0, 0.1) is 0 Å². The summed E-state index contributed by atoms with van der Waals surface area (Å²) < 4.78 is 11.6. The summed E-state index contributed by atoms with van der Waals surface area (Å²) in [6.45, 7) is 9.18. The van der Waals surface area contributed by atoms with Gasteiger partial charge in [-0.3, -0.25) is 0 Å². The van der Waals surface area contributed by atoms with Gasteiger partial charge in [0.1, 0.15) is 0 Å².